The Morgan fingerprint density at radius 2 is 1.92 bits per heavy atom. The van der Waals surface area contributed by atoms with Crippen molar-refractivity contribution in [1.82, 2.24) is 14.4 Å². The van der Waals surface area contributed by atoms with Gasteiger partial charge in [0, 0.05) is 20.1 Å². The van der Waals surface area contributed by atoms with Crippen molar-refractivity contribution < 1.29 is 13.2 Å². The van der Waals surface area contributed by atoms with Crippen molar-refractivity contribution >= 4 is 32.5 Å². The lowest BCUT2D eigenvalue weighted by Gasteiger charge is -2.11. The predicted molar refractivity (Wildman–Crippen MR) is 99.8 cm³/mol. The number of anilines is 1. The van der Waals surface area contributed by atoms with Crippen LogP contribution in [0.3, 0.4) is 0 Å². The van der Waals surface area contributed by atoms with Crippen molar-refractivity contribution in [3.05, 3.63) is 40.6 Å². The lowest BCUT2D eigenvalue weighted by molar-refractivity contribution is 0.0954. The van der Waals surface area contributed by atoms with Crippen molar-refractivity contribution in [3.63, 3.8) is 0 Å². The third-order valence-corrected chi connectivity index (χ3v) is 6.21. The van der Waals surface area contributed by atoms with Crippen LogP contribution in [0.15, 0.2) is 23.1 Å². The van der Waals surface area contributed by atoms with Gasteiger partial charge in [-0.3, -0.25) is 4.79 Å². The zero-order valence-electron chi connectivity index (χ0n) is 14.6. The molecule has 0 bridgehead atoms. The van der Waals surface area contributed by atoms with E-state index in [4.69, 9.17) is 0 Å². The number of hydrogen-bond donors (Lipinski definition) is 3. The second kappa shape index (κ2) is 7.94. The average Bonchev–Trinajstić information content (AvgIpc) is 2.94. The topological polar surface area (TPSA) is 100 Å². The standard InChI is InChI=1S/C16H22N4O3S2/c1-10-5-6-11(2)13(9-10)25(22,23)19-8-7-18-15(21)14-12(3)20-24-16(14)17-4/h5-6,9,17,19H,7-8H2,1-4H3,(H,18,21). The maximum absolute atomic E-state index is 12.4. The van der Waals surface area contributed by atoms with E-state index in [1.165, 1.54) is 11.5 Å². The van der Waals surface area contributed by atoms with Crippen molar-refractivity contribution in [2.75, 3.05) is 25.5 Å². The number of carbonyl (C=O) groups excluding carboxylic acids is 1. The lowest BCUT2D eigenvalue weighted by atomic mass is 10.2. The molecule has 0 fully saturated rings. The minimum absolute atomic E-state index is 0.104. The van der Waals surface area contributed by atoms with Gasteiger partial charge in [0.15, 0.2) is 0 Å². The Balaban J connectivity index is 1.95. The van der Waals surface area contributed by atoms with E-state index in [-0.39, 0.29) is 23.9 Å². The van der Waals surface area contributed by atoms with Crippen molar-refractivity contribution in [2.24, 2.45) is 0 Å². The van der Waals surface area contributed by atoms with E-state index in [1.807, 2.05) is 13.0 Å². The number of hydrogen-bond acceptors (Lipinski definition) is 6. The number of nitrogens with one attached hydrogen (secondary N) is 3. The molecule has 0 unspecified atom stereocenters. The summed E-state index contributed by atoms with van der Waals surface area (Å²) >= 11 is 1.21. The molecular formula is C16H22N4O3S2. The van der Waals surface area contributed by atoms with Gasteiger partial charge in [0.25, 0.3) is 5.91 Å². The zero-order valence-corrected chi connectivity index (χ0v) is 16.3. The maximum Gasteiger partial charge on any atom is 0.256 e. The molecule has 1 aromatic heterocycles. The molecule has 1 aromatic carbocycles. The quantitative estimate of drug-likeness (QED) is 0.634. The highest BCUT2D eigenvalue weighted by molar-refractivity contribution is 7.89. The summed E-state index contributed by atoms with van der Waals surface area (Å²) in [5.74, 6) is -0.276. The highest BCUT2D eigenvalue weighted by atomic mass is 32.2. The van der Waals surface area contributed by atoms with Crippen LogP contribution in [0.25, 0.3) is 0 Å². The fourth-order valence-corrected chi connectivity index (χ4v) is 4.43. The molecule has 9 heteroatoms. The molecule has 7 nitrogen and oxygen atoms in total. The van der Waals surface area contributed by atoms with Gasteiger partial charge in [-0.1, -0.05) is 12.1 Å². The Morgan fingerprint density at radius 1 is 1.20 bits per heavy atom. The number of aromatic nitrogens is 1. The van der Waals surface area contributed by atoms with E-state index in [2.05, 4.69) is 19.7 Å². The van der Waals surface area contributed by atoms with Crippen LogP contribution in [-0.4, -0.2) is 38.8 Å². The van der Waals surface area contributed by atoms with Crippen LogP contribution >= 0.6 is 11.5 Å². The van der Waals surface area contributed by atoms with Crippen LogP contribution in [0.4, 0.5) is 5.00 Å². The fraction of sp³-hybridized carbons (Fsp3) is 0.375. The van der Waals surface area contributed by atoms with Crippen molar-refractivity contribution in [3.8, 4) is 0 Å². The normalized spacial score (nSPS) is 11.4. The second-order valence-electron chi connectivity index (χ2n) is 5.64. The first-order valence-corrected chi connectivity index (χ1v) is 10.0. The summed E-state index contributed by atoms with van der Waals surface area (Å²) in [5.41, 5.74) is 2.69. The molecule has 0 radical (unpaired) electrons. The smallest absolute Gasteiger partial charge is 0.256 e. The fourth-order valence-electron chi connectivity index (χ4n) is 2.33. The van der Waals surface area contributed by atoms with E-state index in [0.717, 1.165) is 5.56 Å². The molecular weight excluding hydrogens is 360 g/mol. The number of rotatable bonds is 7. The third-order valence-electron chi connectivity index (χ3n) is 3.65. The zero-order chi connectivity index (χ0) is 18.6. The monoisotopic (exact) mass is 382 g/mol. The van der Waals surface area contributed by atoms with Gasteiger partial charge in [0.2, 0.25) is 10.0 Å². The van der Waals surface area contributed by atoms with E-state index in [1.54, 1.807) is 33.0 Å². The van der Waals surface area contributed by atoms with Crippen molar-refractivity contribution in [1.29, 1.82) is 0 Å². The van der Waals surface area contributed by atoms with Gasteiger partial charge in [-0.15, -0.1) is 0 Å². The first-order valence-electron chi connectivity index (χ1n) is 7.75. The van der Waals surface area contributed by atoms with Gasteiger partial charge in [0.05, 0.1) is 16.2 Å². The highest BCUT2D eigenvalue weighted by Gasteiger charge is 2.19. The van der Waals surface area contributed by atoms with Crippen LogP contribution < -0.4 is 15.4 Å². The van der Waals surface area contributed by atoms with E-state index in [0.29, 0.717) is 21.8 Å². The molecule has 25 heavy (non-hydrogen) atoms. The van der Waals surface area contributed by atoms with Crippen molar-refractivity contribution in [2.45, 2.75) is 25.7 Å². The lowest BCUT2D eigenvalue weighted by Crippen LogP contribution is -2.35. The van der Waals surface area contributed by atoms with Gasteiger partial charge in [-0.25, -0.2) is 13.1 Å². The maximum atomic E-state index is 12.4. The van der Waals surface area contributed by atoms with Gasteiger partial charge in [-0.05, 0) is 49.5 Å². The summed E-state index contributed by atoms with van der Waals surface area (Å²) in [4.78, 5) is 12.5. The Hall–Kier alpha value is -1.97. The Kier molecular flexibility index (Phi) is 6.15. The summed E-state index contributed by atoms with van der Waals surface area (Å²) in [6.07, 6.45) is 0. The molecule has 1 heterocycles. The summed E-state index contributed by atoms with van der Waals surface area (Å²) < 4.78 is 31.4. The summed E-state index contributed by atoms with van der Waals surface area (Å²) in [7, 11) is -1.89. The number of carbonyl (C=O) groups is 1. The molecule has 3 N–H and O–H groups in total. The summed E-state index contributed by atoms with van der Waals surface area (Å²) in [6.45, 7) is 5.64. The third kappa shape index (κ3) is 4.56. The Labute approximate surface area is 152 Å². The van der Waals surface area contributed by atoms with Gasteiger partial charge < -0.3 is 10.6 Å². The van der Waals surface area contributed by atoms with Crippen LogP contribution in [0.5, 0.6) is 0 Å². The highest BCUT2D eigenvalue weighted by Crippen LogP contribution is 2.23. The minimum Gasteiger partial charge on any atom is -0.378 e. The molecule has 2 aromatic rings. The number of sulfonamides is 1. The first-order chi connectivity index (χ1) is 11.8. The van der Waals surface area contributed by atoms with Crippen LogP contribution in [0.2, 0.25) is 0 Å². The predicted octanol–water partition coefficient (Wildman–Crippen LogP) is 1.82. The number of aryl methyl sites for hydroxylation is 3. The largest absolute Gasteiger partial charge is 0.378 e. The van der Waals surface area contributed by atoms with Gasteiger partial charge in [-0.2, -0.15) is 4.37 Å². The van der Waals surface area contributed by atoms with Gasteiger partial charge >= 0.3 is 0 Å². The molecule has 0 saturated carbocycles. The van der Waals surface area contributed by atoms with Crippen LogP contribution in [0, 0.1) is 20.8 Å². The van der Waals surface area contributed by atoms with Crippen LogP contribution in [-0.2, 0) is 10.0 Å². The number of amides is 1. The molecule has 2 rings (SSSR count). The van der Waals surface area contributed by atoms with Crippen LogP contribution in [0.1, 0.15) is 27.2 Å². The Morgan fingerprint density at radius 3 is 2.60 bits per heavy atom. The Bertz CT molecular complexity index is 876. The molecule has 0 aliphatic carbocycles. The number of benzene rings is 1. The summed E-state index contributed by atoms with van der Waals surface area (Å²) in [6, 6.07) is 5.28. The molecule has 136 valence electrons. The molecule has 0 aliphatic rings. The second-order valence-corrected chi connectivity index (χ2v) is 8.15. The van der Waals surface area contributed by atoms with E-state index in [9.17, 15) is 13.2 Å². The summed E-state index contributed by atoms with van der Waals surface area (Å²) in [5, 5.41) is 6.33. The SMILES string of the molecule is CNc1snc(C)c1C(=O)NCCNS(=O)(=O)c1cc(C)ccc1C. The molecule has 1 amide bonds. The molecule has 0 saturated heterocycles. The van der Waals surface area contributed by atoms with E-state index >= 15 is 0 Å². The minimum atomic E-state index is -3.61. The number of nitrogens with zero attached hydrogens (tertiary/aromatic N) is 1. The average molecular weight is 383 g/mol. The molecule has 0 atom stereocenters. The molecule has 0 spiro atoms. The molecule has 0 aliphatic heterocycles. The first kappa shape index (κ1) is 19.4. The van der Waals surface area contributed by atoms with E-state index < -0.39 is 10.0 Å². The van der Waals surface area contributed by atoms with Gasteiger partial charge in [0.1, 0.15) is 5.00 Å².